The van der Waals surface area contributed by atoms with Crippen molar-refractivity contribution in [1.82, 2.24) is 5.32 Å². The molecule has 0 atom stereocenters. The van der Waals surface area contributed by atoms with Crippen molar-refractivity contribution in [3.63, 3.8) is 0 Å². The molecule has 0 unspecified atom stereocenters. The number of aromatic carboxylic acids is 1. The number of carbonyl (C=O) groups is 2. The van der Waals surface area contributed by atoms with E-state index in [1.54, 1.807) is 26.0 Å². The highest BCUT2D eigenvalue weighted by Crippen LogP contribution is 2.18. The smallest absolute Gasteiger partial charge is 0.336 e. The Morgan fingerprint density at radius 3 is 2.61 bits per heavy atom. The highest BCUT2D eigenvalue weighted by molar-refractivity contribution is 7.80. The second kappa shape index (κ2) is 6.11. The van der Waals surface area contributed by atoms with Crippen LogP contribution in [0.2, 0.25) is 0 Å². The van der Waals surface area contributed by atoms with Crippen molar-refractivity contribution in [2.45, 2.75) is 20.3 Å². The van der Waals surface area contributed by atoms with E-state index in [9.17, 15) is 9.59 Å². The molecule has 0 aliphatic rings. The van der Waals surface area contributed by atoms with Gasteiger partial charge in [-0.2, -0.15) is 0 Å². The zero-order valence-electron chi connectivity index (χ0n) is 10.1. The SMILES string of the molecule is CCC(=O)NC(=S)Nc1cccc(C(=O)O)c1C. The van der Waals surface area contributed by atoms with Gasteiger partial charge in [0.25, 0.3) is 0 Å². The van der Waals surface area contributed by atoms with E-state index in [0.29, 0.717) is 17.7 Å². The summed E-state index contributed by atoms with van der Waals surface area (Å²) in [7, 11) is 0. The van der Waals surface area contributed by atoms with Gasteiger partial charge in [0.05, 0.1) is 5.56 Å². The lowest BCUT2D eigenvalue weighted by Crippen LogP contribution is -2.33. The minimum absolute atomic E-state index is 0.160. The average Bonchev–Trinajstić information content (AvgIpc) is 2.31. The summed E-state index contributed by atoms with van der Waals surface area (Å²) >= 11 is 4.96. The Morgan fingerprint density at radius 1 is 1.39 bits per heavy atom. The van der Waals surface area contributed by atoms with E-state index in [0.717, 1.165) is 0 Å². The number of thiocarbonyl (C=S) groups is 1. The summed E-state index contributed by atoms with van der Waals surface area (Å²) in [5, 5.41) is 14.4. The summed E-state index contributed by atoms with van der Waals surface area (Å²) < 4.78 is 0. The predicted molar refractivity (Wildman–Crippen MR) is 72.8 cm³/mol. The van der Waals surface area contributed by atoms with Crippen LogP contribution < -0.4 is 10.6 Å². The summed E-state index contributed by atoms with van der Waals surface area (Å²) in [6.07, 6.45) is 0.329. The Labute approximate surface area is 110 Å². The van der Waals surface area contributed by atoms with E-state index in [4.69, 9.17) is 17.3 Å². The maximum atomic E-state index is 11.1. The van der Waals surface area contributed by atoms with E-state index in [2.05, 4.69) is 10.6 Å². The van der Waals surface area contributed by atoms with Crippen LogP contribution in [0.1, 0.15) is 29.3 Å². The molecule has 3 N–H and O–H groups in total. The standard InChI is InChI=1S/C12H14N2O3S/c1-3-10(15)14-12(18)13-9-6-4-5-8(7(9)2)11(16)17/h4-6H,3H2,1-2H3,(H,16,17)(H2,13,14,15,18). The third kappa shape index (κ3) is 3.53. The van der Waals surface area contributed by atoms with Gasteiger partial charge in [0.15, 0.2) is 5.11 Å². The van der Waals surface area contributed by atoms with Crippen LogP contribution in [0.3, 0.4) is 0 Å². The Morgan fingerprint density at radius 2 is 2.06 bits per heavy atom. The number of anilines is 1. The Bertz CT molecular complexity index is 500. The molecule has 0 bridgehead atoms. The van der Waals surface area contributed by atoms with Crippen molar-refractivity contribution < 1.29 is 14.7 Å². The number of hydrogen-bond acceptors (Lipinski definition) is 3. The molecule has 18 heavy (non-hydrogen) atoms. The minimum atomic E-state index is -1.00. The number of benzene rings is 1. The van der Waals surface area contributed by atoms with Gasteiger partial charge in [-0.05, 0) is 36.8 Å². The molecule has 0 saturated heterocycles. The second-order valence-corrected chi connectivity index (χ2v) is 4.05. The van der Waals surface area contributed by atoms with Gasteiger partial charge in [0.1, 0.15) is 0 Å². The van der Waals surface area contributed by atoms with Crippen LogP contribution in [0.15, 0.2) is 18.2 Å². The minimum Gasteiger partial charge on any atom is -0.478 e. The van der Waals surface area contributed by atoms with Gasteiger partial charge in [-0.1, -0.05) is 13.0 Å². The maximum absolute atomic E-state index is 11.1. The highest BCUT2D eigenvalue weighted by atomic mass is 32.1. The number of carboxylic acids is 1. The number of carbonyl (C=O) groups excluding carboxylic acids is 1. The normalized spacial score (nSPS) is 9.67. The Hall–Kier alpha value is -1.95. The van der Waals surface area contributed by atoms with Crippen LogP contribution in [-0.4, -0.2) is 22.1 Å². The van der Waals surface area contributed by atoms with Crippen LogP contribution in [-0.2, 0) is 4.79 Å². The topological polar surface area (TPSA) is 78.4 Å². The zero-order valence-corrected chi connectivity index (χ0v) is 10.9. The Kier molecular flexibility index (Phi) is 4.79. The molecule has 0 fully saturated rings. The lowest BCUT2D eigenvalue weighted by Gasteiger charge is -2.12. The van der Waals surface area contributed by atoms with Gasteiger partial charge >= 0.3 is 5.97 Å². The van der Waals surface area contributed by atoms with Crippen molar-refractivity contribution in [1.29, 1.82) is 0 Å². The average molecular weight is 266 g/mol. The molecule has 1 aromatic rings. The fraction of sp³-hybridized carbons (Fsp3) is 0.250. The number of carboxylic acid groups (broad SMARTS) is 1. The van der Waals surface area contributed by atoms with Crippen molar-refractivity contribution in [2.24, 2.45) is 0 Å². The molecule has 6 heteroatoms. The lowest BCUT2D eigenvalue weighted by atomic mass is 10.1. The summed E-state index contributed by atoms with van der Waals surface area (Å²) in [6.45, 7) is 3.39. The molecule has 5 nitrogen and oxygen atoms in total. The van der Waals surface area contributed by atoms with Gasteiger partial charge in [-0.15, -0.1) is 0 Å². The fourth-order valence-electron chi connectivity index (χ4n) is 1.37. The third-order valence-corrected chi connectivity index (χ3v) is 2.59. The molecular formula is C12H14N2O3S. The molecule has 0 heterocycles. The predicted octanol–water partition coefficient (Wildman–Crippen LogP) is 1.92. The third-order valence-electron chi connectivity index (χ3n) is 2.39. The number of amides is 1. The van der Waals surface area contributed by atoms with E-state index < -0.39 is 5.97 Å². The van der Waals surface area contributed by atoms with Gasteiger partial charge in [-0.25, -0.2) is 4.79 Å². The van der Waals surface area contributed by atoms with Crippen LogP contribution in [0.5, 0.6) is 0 Å². The van der Waals surface area contributed by atoms with E-state index >= 15 is 0 Å². The van der Waals surface area contributed by atoms with Crippen molar-refractivity contribution >= 4 is 34.9 Å². The Balaban J connectivity index is 2.85. The molecule has 0 radical (unpaired) electrons. The molecule has 96 valence electrons. The monoisotopic (exact) mass is 266 g/mol. The summed E-state index contributed by atoms with van der Waals surface area (Å²) in [5.74, 6) is -1.20. The molecule has 0 aliphatic carbocycles. The van der Waals surface area contributed by atoms with Gasteiger partial charge in [-0.3, -0.25) is 4.79 Å². The highest BCUT2D eigenvalue weighted by Gasteiger charge is 2.11. The van der Waals surface area contributed by atoms with E-state index in [1.165, 1.54) is 6.07 Å². The first-order valence-corrected chi connectivity index (χ1v) is 5.80. The van der Waals surface area contributed by atoms with Crippen LogP contribution in [0.25, 0.3) is 0 Å². The number of rotatable bonds is 3. The molecule has 1 rings (SSSR count). The van der Waals surface area contributed by atoms with Crippen LogP contribution >= 0.6 is 12.2 Å². The van der Waals surface area contributed by atoms with Gasteiger partial charge in [0, 0.05) is 12.1 Å². The molecule has 0 spiro atoms. The largest absolute Gasteiger partial charge is 0.478 e. The molecule has 0 aromatic heterocycles. The maximum Gasteiger partial charge on any atom is 0.336 e. The molecular weight excluding hydrogens is 252 g/mol. The van der Waals surface area contributed by atoms with Crippen molar-refractivity contribution in [3.8, 4) is 0 Å². The van der Waals surface area contributed by atoms with Crippen LogP contribution in [0, 0.1) is 6.92 Å². The van der Waals surface area contributed by atoms with E-state index in [-0.39, 0.29) is 16.6 Å². The summed E-state index contributed by atoms with van der Waals surface area (Å²) in [4.78, 5) is 22.1. The van der Waals surface area contributed by atoms with Crippen molar-refractivity contribution in [3.05, 3.63) is 29.3 Å². The molecule has 0 aliphatic heterocycles. The van der Waals surface area contributed by atoms with E-state index in [1.807, 2.05) is 0 Å². The fourth-order valence-corrected chi connectivity index (χ4v) is 1.60. The summed E-state index contributed by atoms with van der Waals surface area (Å²) in [5.41, 5.74) is 1.33. The van der Waals surface area contributed by atoms with Crippen molar-refractivity contribution in [2.75, 3.05) is 5.32 Å². The van der Waals surface area contributed by atoms with Gasteiger partial charge < -0.3 is 15.7 Å². The lowest BCUT2D eigenvalue weighted by molar-refractivity contribution is -0.119. The molecule has 1 amide bonds. The quantitative estimate of drug-likeness (QED) is 0.728. The number of nitrogens with one attached hydrogen (secondary N) is 2. The molecule has 0 saturated carbocycles. The first-order valence-electron chi connectivity index (χ1n) is 5.39. The van der Waals surface area contributed by atoms with Gasteiger partial charge in [0.2, 0.25) is 5.91 Å². The molecule has 1 aromatic carbocycles. The summed E-state index contributed by atoms with van der Waals surface area (Å²) in [6, 6.07) is 4.83. The van der Waals surface area contributed by atoms with Crippen LogP contribution in [0.4, 0.5) is 5.69 Å². The number of hydrogen-bond donors (Lipinski definition) is 3. The first kappa shape index (κ1) is 14.1. The second-order valence-electron chi connectivity index (χ2n) is 3.64. The first-order chi connectivity index (χ1) is 8.45. The zero-order chi connectivity index (χ0) is 13.7.